The van der Waals surface area contributed by atoms with Crippen LogP contribution in [0, 0.1) is 0 Å². The lowest BCUT2D eigenvalue weighted by Gasteiger charge is -2.12. The number of rotatable bonds is 14. The molecule has 6 nitrogen and oxygen atoms in total. The number of aryl methyl sites for hydroxylation is 1. The Labute approximate surface area is 181 Å². The third kappa shape index (κ3) is 13.7. The van der Waals surface area contributed by atoms with Gasteiger partial charge >= 0.3 is 0 Å². The third-order valence-corrected chi connectivity index (χ3v) is 3.85. The first-order chi connectivity index (χ1) is 12.8. The van der Waals surface area contributed by atoms with E-state index in [1.54, 1.807) is 14.2 Å². The van der Waals surface area contributed by atoms with Crippen LogP contribution in [0.2, 0.25) is 0 Å². The molecule has 0 bridgehead atoms. The fraction of sp³-hybridized carbons (Fsp3) is 0.650. The maximum atomic E-state index is 5.53. The van der Waals surface area contributed by atoms with Gasteiger partial charge in [-0.15, -0.1) is 24.0 Å². The maximum absolute atomic E-state index is 5.53. The number of unbranched alkanes of at least 4 members (excludes halogenated alkanes) is 1. The topological polar surface area (TPSA) is 64.1 Å². The second-order valence-corrected chi connectivity index (χ2v) is 5.96. The van der Waals surface area contributed by atoms with Crippen molar-refractivity contribution in [1.29, 1.82) is 0 Å². The van der Waals surface area contributed by atoms with Crippen LogP contribution in [0.25, 0.3) is 0 Å². The predicted octanol–water partition coefficient (Wildman–Crippen LogP) is 3.24. The van der Waals surface area contributed by atoms with Crippen LogP contribution in [0.15, 0.2) is 29.3 Å². The Morgan fingerprint density at radius 2 is 1.74 bits per heavy atom. The van der Waals surface area contributed by atoms with Crippen molar-refractivity contribution in [3.05, 3.63) is 29.8 Å². The molecule has 0 saturated heterocycles. The van der Waals surface area contributed by atoms with Gasteiger partial charge < -0.3 is 24.8 Å². The summed E-state index contributed by atoms with van der Waals surface area (Å²) >= 11 is 0. The summed E-state index contributed by atoms with van der Waals surface area (Å²) in [5.41, 5.74) is 1.28. The quantitative estimate of drug-likeness (QED) is 0.180. The summed E-state index contributed by atoms with van der Waals surface area (Å²) in [6.07, 6.45) is 4.31. The van der Waals surface area contributed by atoms with Crippen molar-refractivity contribution in [2.45, 2.75) is 32.6 Å². The van der Waals surface area contributed by atoms with Gasteiger partial charge in [0.2, 0.25) is 0 Å². The molecular formula is C20H36IN3O3. The van der Waals surface area contributed by atoms with Crippen LogP contribution in [-0.2, 0) is 15.9 Å². The van der Waals surface area contributed by atoms with E-state index in [1.807, 2.05) is 12.1 Å². The maximum Gasteiger partial charge on any atom is 0.191 e. The van der Waals surface area contributed by atoms with E-state index in [0.717, 1.165) is 57.1 Å². The molecule has 0 saturated carbocycles. The molecule has 1 aromatic carbocycles. The molecule has 0 heterocycles. The average Bonchev–Trinajstić information content (AvgIpc) is 2.68. The molecule has 0 amide bonds. The molecule has 0 aromatic heterocycles. The van der Waals surface area contributed by atoms with E-state index in [0.29, 0.717) is 19.8 Å². The highest BCUT2D eigenvalue weighted by atomic mass is 127. The summed E-state index contributed by atoms with van der Waals surface area (Å²) in [5, 5.41) is 6.57. The Bertz CT molecular complexity index is 501. The minimum absolute atomic E-state index is 0. The van der Waals surface area contributed by atoms with Crippen LogP contribution in [0.5, 0.6) is 5.75 Å². The number of halogens is 1. The molecule has 0 radical (unpaired) electrons. The second kappa shape index (κ2) is 18.3. The fourth-order valence-corrected chi connectivity index (χ4v) is 2.36. The minimum Gasteiger partial charge on any atom is -0.497 e. The van der Waals surface area contributed by atoms with Crippen molar-refractivity contribution in [3.8, 4) is 5.75 Å². The van der Waals surface area contributed by atoms with Crippen LogP contribution in [0.4, 0.5) is 0 Å². The van der Waals surface area contributed by atoms with Gasteiger partial charge in [-0.3, -0.25) is 4.99 Å². The van der Waals surface area contributed by atoms with Crippen molar-refractivity contribution in [3.63, 3.8) is 0 Å². The van der Waals surface area contributed by atoms with Gasteiger partial charge in [0.05, 0.1) is 26.9 Å². The lowest BCUT2D eigenvalue weighted by molar-refractivity contribution is 0.0487. The highest BCUT2D eigenvalue weighted by Crippen LogP contribution is 2.13. The van der Waals surface area contributed by atoms with Gasteiger partial charge in [-0.25, -0.2) is 0 Å². The zero-order chi connectivity index (χ0) is 18.9. The van der Waals surface area contributed by atoms with Gasteiger partial charge in [0.1, 0.15) is 5.75 Å². The second-order valence-electron chi connectivity index (χ2n) is 5.96. The van der Waals surface area contributed by atoms with E-state index >= 15 is 0 Å². The van der Waals surface area contributed by atoms with Gasteiger partial charge in [-0.05, 0) is 37.0 Å². The summed E-state index contributed by atoms with van der Waals surface area (Å²) in [6.45, 7) is 6.51. The molecule has 0 aliphatic carbocycles. The Hall–Kier alpha value is -1.06. The molecule has 7 heteroatoms. The first kappa shape index (κ1) is 25.9. The van der Waals surface area contributed by atoms with Crippen LogP contribution in [0.3, 0.4) is 0 Å². The van der Waals surface area contributed by atoms with Crippen molar-refractivity contribution in [1.82, 2.24) is 10.6 Å². The zero-order valence-corrected chi connectivity index (χ0v) is 19.3. The number of ether oxygens (including phenoxy) is 3. The molecule has 1 aromatic rings. The van der Waals surface area contributed by atoms with E-state index in [1.165, 1.54) is 5.56 Å². The summed E-state index contributed by atoms with van der Waals surface area (Å²) in [7, 11) is 3.47. The highest BCUT2D eigenvalue weighted by molar-refractivity contribution is 14.0. The first-order valence-electron chi connectivity index (χ1n) is 9.53. The van der Waals surface area contributed by atoms with Crippen LogP contribution in [-0.4, -0.2) is 59.6 Å². The third-order valence-electron chi connectivity index (χ3n) is 3.85. The molecule has 0 atom stereocenters. The molecule has 0 aliphatic rings. The van der Waals surface area contributed by atoms with Gasteiger partial charge in [0.15, 0.2) is 5.96 Å². The number of methoxy groups -OCH3 is 1. The summed E-state index contributed by atoms with van der Waals surface area (Å²) in [6, 6.07) is 8.19. The molecular weight excluding hydrogens is 457 g/mol. The van der Waals surface area contributed by atoms with E-state index in [2.05, 4.69) is 34.7 Å². The van der Waals surface area contributed by atoms with Crippen molar-refractivity contribution < 1.29 is 14.2 Å². The molecule has 2 N–H and O–H groups in total. The summed E-state index contributed by atoms with van der Waals surface area (Å²) < 4.78 is 16.2. The number of hydrogen-bond donors (Lipinski definition) is 2. The van der Waals surface area contributed by atoms with Crippen molar-refractivity contribution in [2.24, 2.45) is 4.99 Å². The number of benzene rings is 1. The zero-order valence-electron chi connectivity index (χ0n) is 17.0. The summed E-state index contributed by atoms with van der Waals surface area (Å²) in [4.78, 5) is 4.22. The minimum atomic E-state index is 0. The fourth-order valence-electron chi connectivity index (χ4n) is 2.36. The molecule has 0 unspecified atom stereocenters. The van der Waals surface area contributed by atoms with Crippen LogP contribution < -0.4 is 15.4 Å². The number of aliphatic imine (C=N–C) groups is 1. The molecule has 27 heavy (non-hydrogen) atoms. The van der Waals surface area contributed by atoms with Gasteiger partial charge in [0, 0.05) is 26.7 Å². The SMILES string of the molecule is CCCCOCCOCCNC(=NC)NCCCc1cccc(OC)c1.I. The van der Waals surface area contributed by atoms with E-state index < -0.39 is 0 Å². The number of hydrogen-bond acceptors (Lipinski definition) is 4. The summed E-state index contributed by atoms with van der Waals surface area (Å²) in [5.74, 6) is 1.71. The van der Waals surface area contributed by atoms with Crippen LogP contribution >= 0.6 is 24.0 Å². The lowest BCUT2D eigenvalue weighted by Crippen LogP contribution is -2.39. The lowest BCUT2D eigenvalue weighted by atomic mass is 10.1. The van der Waals surface area contributed by atoms with E-state index in [4.69, 9.17) is 14.2 Å². The van der Waals surface area contributed by atoms with E-state index in [-0.39, 0.29) is 24.0 Å². The smallest absolute Gasteiger partial charge is 0.191 e. The Balaban J connectivity index is 0.00000676. The predicted molar refractivity (Wildman–Crippen MR) is 123 cm³/mol. The monoisotopic (exact) mass is 493 g/mol. The van der Waals surface area contributed by atoms with Gasteiger partial charge in [-0.2, -0.15) is 0 Å². The first-order valence-corrected chi connectivity index (χ1v) is 9.53. The largest absolute Gasteiger partial charge is 0.497 e. The van der Waals surface area contributed by atoms with Crippen molar-refractivity contribution >= 4 is 29.9 Å². The Kier molecular flexibility index (Phi) is 17.6. The molecule has 156 valence electrons. The van der Waals surface area contributed by atoms with Gasteiger partial charge in [-0.1, -0.05) is 25.5 Å². The highest BCUT2D eigenvalue weighted by Gasteiger charge is 1.99. The molecule has 0 fully saturated rings. The molecule has 1 rings (SSSR count). The average molecular weight is 493 g/mol. The van der Waals surface area contributed by atoms with Gasteiger partial charge in [0.25, 0.3) is 0 Å². The van der Waals surface area contributed by atoms with Crippen LogP contribution in [0.1, 0.15) is 31.7 Å². The molecule has 0 spiro atoms. The molecule has 0 aliphatic heterocycles. The standard InChI is InChI=1S/C20H35N3O3.HI/c1-4-5-13-25-15-16-26-14-12-23-20(21-2)22-11-7-9-18-8-6-10-19(17-18)24-3;/h6,8,10,17H,4-5,7,9,11-16H2,1-3H3,(H2,21,22,23);1H. The van der Waals surface area contributed by atoms with Crippen molar-refractivity contribution in [2.75, 3.05) is 53.7 Å². The Morgan fingerprint density at radius 1 is 1.00 bits per heavy atom. The Morgan fingerprint density at radius 3 is 2.44 bits per heavy atom. The normalized spacial score (nSPS) is 11.0. The number of nitrogens with one attached hydrogen (secondary N) is 2. The van der Waals surface area contributed by atoms with E-state index in [9.17, 15) is 0 Å². The number of guanidine groups is 1. The number of nitrogens with zero attached hydrogens (tertiary/aromatic N) is 1.